The second-order valence-electron chi connectivity index (χ2n) is 7.35. The Balaban J connectivity index is 1.38. The van der Waals surface area contributed by atoms with E-state index in [-0.39, 0.29) is 18.9 Å². The fourth-order valence-electron chi connectivity index (χ4n) is 3.14. The van der Waals surface area contributed by atoms with Crippen molar-refractivity contribution in [3.8, 4) is 17.3 Å². The summed E-state index contributed by atoms with van der Waals surface area (Å²) in [5.41, 5.74) is 1.92. The summed E-state index contributed by atoms with van der Waals surface area (Å²) in [5, 5.41) is 12.0. The zero-order chi connectivity index (χ0) is 21.0. The van der Waals surface area contributed by atoms with Gasteiger partial charge in [0.05, 0.1) is 0 Å². The third kappa shape index (κ3) is 7.06. The van der Waals surface area contributed by atoms with Crippen molar-refractivity contribution in [3.05, 3.63) is 54.2 Å². The molecule has 158 valence electrons. The van der Waals surface area contributed by atoms with Crippen LogP contribution in [0.4, 0.5) is 0 Å². The van der Waals surface area contributed by atoms with Crippen molar-refractivity contribution < 1.29 is 9.53 Å². The van der Waals surface area contributed by atoms with Gasteiger partial charge in [-0.2, -0.15) is 4.80 Å². The molecule has 0 atom stereocenters. The molecule has 1 aromatic carbocycles. The number of benzene rings is 1. The molecule has 0 amide bonds. The summed E-state index contributed by atoms with van der Waals surface area (Å²) in [7, 11) is 0. The average molecular weight is 408 g/mol. The molecule has 0 aliphatic rings. The summed E-state index contributed by atoms with van der Waals surface area (Å²) in [6, 6.07) is 13.5. The second-order valence-corrected chi connectivity index (χ2v) is 7.35. The first-order chi connectivity index (χ1) is 14.7. The first kappa shape index (κ1) is 21.6. The van der Waals surface area contributed by atoms with E-state index in [0.29, 0.717) is 17.3 Å². The van der Waals surface area contributed by atoms with Crippen molar-refractivity contribution >= 4 is 5.78 Å². The van der Waals surface area contributed by atoms with Gasteiger partial charge in [-0.25, -0.2) is 0 Å². The normalized spacial score (nSPS) is 10.8. The predicted octanol–water partition coefficient (Wildman–Crippen LogP) is 4.29. The van der Waals surface area contributed by atoms with Gasteiger partial charge < -0.3 is 4.74 Å². The van der Waals surface area contributed by atoms with Crippen molar-refractivity contribution in [2.24, 2.45) is 0 Å². The van der Waals surface area contributed by atoms with E-state index < -0.39 is 0 Å². The Morgan fingerprint density at radius 1 is 1.00 bits per heavy atom. The summed E-state index contributed by atoms with van der Waals surface area (Å²) in [6.45, 7) is 2.22. The first-order valence-corrected chi connectivity index (χ1v) is 10.7. The lowest BCUT2D eigenvalue weighted by atomic mass is 10.0. The minimum atomic E-state index is -0.129. The smallest absolute Gasteiger partial charge is 0.223 e. The molecular weight excluding hydrogens is 378 g/mol. The lowest BCUT2D eigenvalue weighted by Gasteiger charge is -2.07. The number of ketones is 1. The number of carbonyl (C=O) groups is 1. The van der Waals surface area contributed by atoms with Crippen LogP contribution >= 0.6 is 0 Å². The average Bonchev–Trinajstić information content (AvgIpc) is 3.24. The molecule has 0 N–H and O–H groups in total. The standard InChI is InChI=1S/C23H29N5O2/c1-2-3-4-5-6-7-10-19-12-14-21(15-13-19)30-18-20(29)17-28-26-23(25-27-28)22-11-8-9-16-24-22/h8-9,11-16H,2-7,10,17-18H2,1H3. The molecule has 0 radical (unpaired) electrons. The molecule has 3 rings (SSSR count). The van der Waals surface area contributed by atoms with E-state index in [2.05, 4.69) is 39.5 Å². The highest BCUT2D eigenvalue weighted by molar-refractivity contribution is 5.79. The van der Waals surface area contributed by atoms with Crippen LogP contribution in [0.3, 0.4) is 0 Å². The summed E-state index contributed by atoms with van der Waals surface area (Å²) in [5.74, 6) is 0.956. The Kier molecular flexibility index (Phi) is 8.50. The van der Waals surface area contributed by atoms with E-state index in [9.17, 15) is 4.79 Å². The molecular formula is C23H29N5O2. The summed E-state index contributed by atoms with van der Waals surface area (Å²) in [6.07, 6.45) is 10.5. The minimum Gasteiger partial charge on any atom is -0.486 e. The number of ether oxygens (including phenoxy) is 1. The van der Waals surface area contributed by atoms with Crippen LogP contribution in [0.2, 0.25) is 0 Å². The number of carbonyl (C=O) groups excluding carboxylic acids is 1. The van der Waals surface area contributed by atoms with Gasteiger partial charge in [0.1, 0.15) is 24.6 Å². The maximum absolute atomic E-state index is 12.2. The van der Waals surface area contributed by atoms with Crippen molar-refractivity contribution in [2.75, 3.05) is 6.61 Å². The number of aromatic nitrogens is 5. The molecule has 0 spiro atoms. The Morgan fingerprint density at radius 3 is 2.57 bits per heavy atom. The van der Waals surface area contributed by atoms with Crippen molar-refractivity contribution in [1.29, 1.82) is 0 Å². The maximum atomic E-state index is 12.2. The summed E-state index contributed by atoms with van der Waals surface area (Å²) < 4.78 is 5.61. The van der Waals surface area contributed by atoms with E-state index in [1.165, 1.54) is 48.9 Å². The zero-order valence-electron chi connectivity index (χ0n) is 17.5. The van der Waals surface area contributed by atoms with Gasteiger partial charge in [-0.05, 0) is 47.9 Å². The summed E-state index contributed by atoms with van der Waals surface area (Å²) in [4.78, 5) is 17.6. The fourth-order valence-corrected chi connectivity index (χ4v) is 3.14. The molecule has 3 aromatic rings. The van der Waals surface area contributed by atoms with Gasteiger partial charge in [-0.3, -0.25) is 9.78 Å². The van der Waals surface area contributed by atoms with Crippen LogP contribution in [0.5, 0.6) is 5.75 Å². The van der Waals surface area contributed by atoms with Crippen LogP contribution in [0.1, 0.15) is 51.0 Å². The minimum absolute atomic E-state index is 0.00987. The lowest BCUT2D eigenvalue weighted by Crippen LogP contribution is -2.19. The highest BCUT2D eigenvalue weighted by Gasteiger charge is 2.10. The number of rotatable bonds is 13. The molecule has 30 heavy (non-hydrogen) atoms. The molecule has 2 heterocycles. The van der Waals surface area contributed by atoms with Gasteiger partial charge in [0.25, 0.3) is 0 Å². The maximum Gasteiger partial charge on any atom is 0.223 e. The van der Waals surface area contributed by atoms with Crippen LogP contribution in [0, 0.1) is 0 Å². The van der Waals surface area contributed by atoms with Gasteiger partial charge in [-0.15, -0.1) is 10.2 Å². The number of aryl methyl sites for hydroxylation is 1. The largest absolute Gasteiger partial charge is 0.486 e. The van der Waals surface area contributed by atoms with Gasteiger partial charge in [-0.1, -0.05) is 57.2 Å². The number of hydrogen-bond donors (Lipinski definition) is 0. The Labute approximate surface area is 177 Å². The van der Waals surface area contributed by atoms with Crippen LogP contribution in [-0.2, 0) is 17.8 Å². The van der Waals surface area contributed by atoms with Gasteiger partial charge in [0, 0.05) is 6.20 Å². The highest BCUT2D eigenvalue weighted by Crippen LogP contribution is 2.15. The molecule has 0 aliphatic heterocycles. The van der Waals surface area contributed by atoms with Crippen molar-refractivity contribution in [1.82, 2.24) is 25.2 Å². The lowest BCUT2D eigenvalue weighted by molar-refractivity contribution is -0.122. The Bertz CT molecular complexity index is 893. The second kappa shape index (κ2) is 11.8. The van der Waals surface area contributed by atoms with Gasteiger partial charge in [0.2, 0.25) is 5.82 Å². The Hall–Kier alpha value is -3.09. The number of tetrazole rings is 1. The van der Waals surface area contributed by atoms with Crippen molar-refractivity contribution in [3.63, 3.8) is 0 Å². The van der Waals surface area contributed by atoms with Crippen LogP contribution in [-0.4, -0.2) is 37.6 Å². The van der Waals surface area contributed by atoms with Crippen LogP contribution < -0.4 is 4.74 Å². The molecule has 7 nitrogen and oxygen atoms in total. The topological polar surface area (TPSA) is 82.8 Å². The van der Waals surface area contributed by atoms with E-state index >= 15 is 0 Å². The quantitative estimate of drug-likeness (QED) is 0.393. The SMILES string of the molecule is CCCCCCCCc1ccc(OCC(=O)Cn2nnc(-c3ccccn3)n2)cc1. The number of unbranched alkanes of at least 4 members (excludes halogenated alkanes) is 5. The molecule has 0 bridgehead atoms. The molecule has 0 saturated carbocycles. The summed E-state index contributed by atoms with van der Waals surface area (Å²) >= 11 is 0. The molecule has 0 saturated heterocycles. The number of Topliss-reactive ketones (excluding diaryl/α,β-unsaturated/α-hetero) is 1. The van der Waals surface area contributed by atoms with E-state index in [4.69, 9.17) is 4.74 Å². The molecule has 0 aliphatic carbocycles. The third-order valence-electron chi connectivity index (χ3n) is 4.81. The number of pyridine rings is 1. The number of hydrogen-bond acceptors (Lipinski definition) is 6. The van der Waals surface area contributed by atoms with E-state index in [1.807, 2.05) is 24.3 Å². The third-order valence-corrected chi connectivity index (χ3v) is 4.81. The number of nitrogens with zero attached hydrogens (tertiary/aromatic N) is 5. The monoisotopic (exact) mass is 407 g/mol. The predicted molar refractivity (Wildman–Crippen MR) is 115 cm³/mol. The zero-order valence-corrected chi connectivity index (χ0v) is 17.5. The van der Waals surface area contributed by atoms with Crippen LogP contribution in [0.15, 0.2) is 48.7 Å². The van der Waals surface area contributed by atoms with Crippen LogP contribution in [0.25, 0.3) is 11.5 Å². The Morgan fingerprint density at radius 2 is 1.80 bits per heavy atom. The molecule has 7 heteroatoms. The molecule has 0 fully saturated rings. The first-order valence-electron chi connectivity index (χ1n) is 10.7. The molecule has 2 aromatic heterocycles. The highest BCUT2D eigenvalue weighted by atomic mass is 16.5. The van der Waals surface area contributed by atoms with E-state index in [0.717, 1.165) is 6.42 Å². The van der Waals surface area contributed by atoms with E-state index in [1.54, 1.807) is 12.3 Å². The van der Waals surface area contributed by atoms with Crippen molar-refractivity contribution in [2.45, 2.75) is 58.4 Å². The fraction of sp³-hybridized carbons (Fsp3) is 0.435. The molecule has 0 unspecified atom stereocenters. The van der Waals surface area contributed by atoms with Gasteiger partial charge in [0.15, 0.2) is 5.78 Å². The van der Waals surface area contributed by atoms with Gasteiger partial charge >= 0.3 is 0 Å².